The highest BCUT2D eigenvalue weighted by atomic mass is 16.5. The number of methoxy groups -OCH3 is 1. The van der Waals surface area contributed by atoms with Crippen LogP contribution in [0.4, 0.5) is 0 Å². The molecule has 0 fully saturated rings. The standard InChI is InChI=1S/C28H46N2O3/c1-5-7-17-24(6-2)28(31,25-18-13-12-14-19-25)27-29-22-26(33-27)23-30(3)20-15-10-8-9-11-16-21-32-4/h12-14,18-19,22,24,31H,5-11,15-17,20-21,23H2,1-4H3/t24?,28-/m1/s1. The summed E-state index contributed by atoms with van der Waals surface area (Å²) in [7, 11) is 3.89. The Morgan fingerprint density at radius 2 is 1.73 bits per heavy atom. The minimum atomic E-state index is -1.20. The molecule has 0 aliphatic heterocycles. The summed E-state index contributed by atoms with van der Waals surface area (Å²) < 4.78 is 11.3. The summed E-state index contributed by atoms with van der Waals surface area (Å²) in [6.45, 7) is 6.94. The highest BCUT2D eigenvalue weighted by molar-refractivity contribution is 5.29. The van der Waals surface area contributed by atoms with Gasteiger partial charge in [0, 0.05) is 19.6 Å². The van der Waals surface area contributed by atoms with Crippen molar-refractivity contribution in [2.75, 3.05) is 27.3 Å². The van der Waals surface area contributed by atoms with Gasteiger partial charge in [-0.05, 0) is 44.8 Å². The molecule has 0 bridgehead atoms. The van der Waals surface area contributed by atoms with Crippen molar-refractivity contribution in [2.45, 2.75) is 90.2 Å². The molecule has 0 saturated carbocycles. The Bertz CT molecular complexity index is 749. The summed E-state index contributed by atoms with van der Waals surface area (Å²) in [5, 5.41) is 12.0. The number of ether oxygens (including phenoxy) is 1. The average Bonchev–Trinajstić information content (AvgIpc) is 3.30. The topological polar surface area (TPSA) is 58.7 Å². The molecule has 2 atom stereocenters. The average molecular weight is 459 g/mol. The van der Waals surface area contributed by atoms with Crippen molar-refractivity contribution in [2.24, 2.45) is 5.92 Å². The zero-order chi connectivity index (χ0) is 23.9. The molecule has 1 aromatic heterocycles. The summed E-state index contributed by atoms with van der Waals surface area (Å²) in [4.78, 5) is 6.87. The second-order valence-electron chi connectivity index (χ2n) is 9.36. The van der Waals surface area contributed by atoms with E-state index < -0.39 is 5.60 Å². The summed E-state index contributed by atoms with van der Waals surface area (Å²) in [5.74, 6) is 1.30. The number of aliphatic hydroxyl groups is 1. The Kier molecular flexibility index (Phi) is 12.7. The van der Waals surface area contributed by atoms with Crippen LogP contribution in [0.15, 0.2) is 40.9 Å². The molecule has 186 valence electrons. The molecule has 2 aromatic rings. The number of aromatic nitrogens is 1. The van der Waals surface area contributed by atoms with E-state index in [4.69, 9.17) is 9.15 Å². The molecule has 1 N–H and O–H groups in total. The van der Waals surface area contributed by atoms with Gasteiger partial charge in [0.05, 0.1) is 12.7 Å². The lowest BCUT2D eigenvalue weighted by atomic mass is 9.77. The zero-order valence-electron chi connectivity index (χ0n) is 21.4. The molecular weight excluding hydrogens is 412 g/mol. The zero-order valence-corrected chi connectivity index (χ0v) is 21.4. The molecule has 0 amide bonds. The van der Waals surface area contributed by atoms with Crippen LogP contribution in [0.1, 0.15) is 95.3 Å². The molecule has 0 aliphatic rings. The molecule has 5 heteroatoms. The van der Waals surface area contributed by atoms with Gasteiger partial charge in [-0.1, -0.05) is 82.7 Å². The number of unbranched alkanes of at least 4 members (excludes halogenated alkanes) is 6. The maximum atomic E-state index is 12.0. The van der Waals surface area contributed by atoms with Crippen LogP contribution in [0.5, 0.6) is 0 Å². The Hall–Kier alpha value is -1.69. The summed E-state index contributed by atoms with van der Waals surface area (Å²) in [6.07, 6.45) is 13.2. The lowest BCUT2D eigenvalue weighted by Crippen LogP contribution is -2.36. The van der Waals surface area contributed by atoms with Gasteiger partial charge in [-0.25, -0.2) is 4.98 Å². The minimum Gasteiger partial charge on any atom is -0.441 e. The molecule has 2 rings (SSSR count). The number of nitrogens with zero attached hydrogens (tertiary/aromatic N) is 2. The molecular formula is C28H46N2O3. The lowest BCUT2D eigenvalue weighted by Gasteiger charge is -2.34. The van der Waals surface area contributed by atoms with E-state index in [1.54, 1.807) is 13.3 Å². The second-order valence-corrected chi connectivity index (χ2v) is 9.36. The van der Waals surface area contributed by atoms with Crippen molar-refractivity contribution in [3.8, 4) is 0 Å². The van der Waals surface area contributed by atoms with Crippen molar-refractivity contribution in [3.05, 3.63) is 53.7 Å². The summed E-state index contributed by atoms with van der Waals surface area (Å²) >= 11 is 0. The molecule has 5 nitrogen and oxygen atoms in total. The highest BCUT2D eigenvalue weighted by Gasteiger charge is 2.43. The molecule has 1 aromatic carbocycles. The van der Waals surface area contributed by atoms with Gasteiger partial charge in [0.25, 0.3) is 0 Å². The van der Waals surface area contributed by atoms with Gasteiger partial charge in [-0.15, -0.1) is 0 Å². The number of oxazole rings is 1. The van der Waals surface area contributed by atoms with Crippen molar-refractivity contribution in [1.82, 2.24) is 9.88 Å². The second kappa shape index (κ2) is 15.3. The third-order valence-corrected chi connectivity index (χ3v) is 6.65. The molecule has 1 unspecified atom stereocenters. The monoisotopic (exact) mass is 458 g/mol. The molecule has 0 spiro atoms. The molecule has 0 aliphatic carbocycles. The van der Waals surface area contributed by atoms with E-state index in [9.17, 15) is 5.11 Å². The fraction of sp³-hybridized carbons (Fsp3) is 0.679. The predicted octanol–water partition coefficient (Wildman–Crippen LogP) is 6.55. The summed E-state index contributed by atoms with van der Waals surface area (Å²) in [6, 6.07) is 9.90. The smallest absolute Gasteiger partial charge is 0.231 e. The van der Waals surface area contributed by atoms with Crippen molar-refractivity contribution in [1.29, 1.82) is 0 Å². The van der Waals surface area contributed by atoms with Crippen LogP contribution in [0.3, 0.4) is 0 Å². The third-order valence-electron chi connectivity index (χ3n) is 6.65. The normalized spacial score (nSPS) is 14.5. The lowest BCUT2D eigenvalue weighted by molar-refractivity contribution is -0.0157. The van der Waals surface area contributed by atoms with E-state index >= 15 is 0 Å². The van der Waals surface area contributed by atoms with E-state index in [2.05, 4.69) is 30.8 Å². The first-order valence-corrected chi connectivity index (χ1v) is 13.0. The van der Waals surface area contributed by atoms with E-state index in [1.165, 1.54) is 32.1 Å². The number of hydrogen-bond acceptors (Lipinski definition) is 5. The van der Waals surface area contributed by atoms with E-state index in [0.717, 1.165) is 56.6 Å². The van der Waals surface area contributed by atoms with Gasteiger partial charge in [-0.3, -0.25) is 4.90 Å². The van der Waals surface area contributed by atoms with Crippen LogP contribution in [-0.4, -0.2) is 42.3 Å². The van der Waals surface area contributed by atoms with Crippen molar-refractivity contribution < 1.29 is 14.3 Å². The van der Waals surface area contributed by atoms with Gasteiger partial charge in [0.15, 0.2) is 5.60 Å². The van der Waals surface area contributed by atoms with E-state index in [0.29, 0.717) is 12.4 Å². The van der Waals surface area contributed by atoms with Crippen LogP contribution in [0.25, 0.3) is 0 Å². The minimum absolute atomic E-state index is 0.0629. The van der Waals surface area contributed by atoms with Crippen LogP contribution < -0.4 is 0 Å². The Labute approximate surface area is 201 Å². The van der Waals surface area contributed by atoms with E-state index in [-0.39, 0.29) is 5.92 Å². The fourth-order valence-electron chi connectivity index (χ4n) is 4.62. The third kappa shape index (κ3) is 8.55. The highest BCUT2D eigenvalue weighted by Crippen LogP contribution is 2.40. The first kappa shape index (κ1) is 27.6. The number of hydrogen-bond donors (Lipinski definition) is 1. The molecule has 0 radical (unpaired) electrons. The van der Waals surface area contributed by atoms with Crippen molar-refractivity contribution in [3.63, 3.8) is 0 Å². The largest absolute Gasteiger partial charge is 0.441 e. The Morgan fingerprint density at radius 1 is 1.03 bits per heavy atom. The Balaban J connectivity index is 1.97. The van der Waals surface area contributed by atoms with Gasteiger partial charge in [-0.2, -0.15) is 0 Å². The number of rotatable bonds is 18. The first-order valence-electron chi connectivity index (χ1n) is 13.0. The fourth-order valence-corrected chi connectivity index (χ4v) is 4.62. The summed E-state index contributed by atoms with van der Waals surface area (Å²) in [5.41, 5.74) is -0.342. The first-order chi connectivity index (χ1) is 16.1. The quantitative estimate of drug-likeness (QED) is 0.257. The van der Waals surface area contributed by atoms with Crippen LogP contribution in [-0.2, 0) is 16.9 Å². The van der Waals surface area contributed by atoms with E-state index in [1.807, 2.05) is 30.3 Å². The Morgan fingerprint density at radius 3 is 2.39 bits per heavy atom. The van der Waals surface area contributed by atoms with Crippen LogP contribution >= 0.6 is 0 Å². The predicted molar refractivity (Wildman–Crippen MR) is 135 cm³/mol. The maximum Gasteiger partial charge on any atom is 0.231 e. The SMILES string of the molecule is CCCCC(CC)[C@@](O)(c1ccccc1)c1ncc(CN(C)CCCCCCCCOC)o1. The number of benzene rings is 1. The molecule has 1 heterocycles. The van der Waals surface area contributed by atoms with Crippen LogP contribution in [0.2, 0.25) is 0 Å². The molecule has 33 heavy (non-hydrogen) atoms. The van der Waals surface area contributed by atoms with Crippen LogP contribution in [0, 0.1) is 5.92 Å². The maximum absolute atomic E-state index is 12.0. The van der Waals surface area contributed by atoms with Gasteiger partial charge >= 0.3 is 0 Å². The van der Waals surface area contributed by atoms with Gasteiger partial charge in [0.2, 0.25) is 5.89 Å². The molecule has 0 saturated heterocycles. The van der Waals surface area contributed by atoms with Gasteiger partial charge in [0.1, 0.15) is 5.76 Å². The van der Waals surface area contributed by atoms with Crippen molar-refractivity contribution >= 4 is 0 Å². The van der Waals surface area contributed by atoms with Gasteiger partial charge < -0.3 is 14.3 Å².